The molecule has 24 heavy (non-hydrogen) atoms. The summed E-state index contributed by atoms with van der Waals surface area (Å²) in [5, 5.41) is 36.2. The highest BCUT2D eigenvalue weighted by atomic mass is 16.3. The fourth-order valence-corrected chi connectivity index (χ4v) is 2.86. The Hall–Kier alpha value is -2.48. The molecule has 0 saturated carbocycles. The molecule has 0 radical (unpaired) electrons. The predicted molar refractivity (Wildman–Crippen MR) is 90.5 cm³/mol. The van der Waals surface area contributed by atoms with Crippen molar-refractivity contribution in [3.05, 3.63) is 42.2 Å². The van der Waals surface area contributed by atoms with Crippen molar-refractivity contribution in [2.75, 3.05) is 18.5 Å². The summed E-state index contributed by atoms with van der Waals surface area (Å²) >= 11 is 0. The number of nitrogens with zero attached hydrogens (tertiary/aromatic N) is 4. The Bertz CT molecular complexity index is 627. The molecule has 2 aromatic rings. The zero-order chi connectivity index (χ0) is 17.5. The average molecular weight is 332 g/mol. The SMILES string of the molecule is C=C(O)[C@@H](C(C)C)[C@H](Cc1ccc(NCCO)cn1)c1nn[nH]n1. The van der Waals surface area contributed by atoms with Gasteiger partial charge in [-0.3, -0.25) is 4.98 Å². The number of aromatic amines is 1. The summed E-state index contributed by atoms with van der Waals surface area (Å²) in [6.07, 6.45) is 2.28. The van der Waals surface area contributed by atoms with Crippen molar-refractivity contribution >= 4 is 5.69 Å². The van der Waals surface area contributed by atoms with Crippen LogP contribution >= 0.6 is 0 Å². The molecule has 0 bridgehead atoms. The Labute approximate surface area is 141 Å². The molecule has 0 aromatic carbocycles. The van der Waals surface area contributed by atoms with Gasteiger partial charge < -0.3 is 15.5 Å². The lowest BCUT2D eigenvalue weighted by atomic mass is 9.79. The third kappa shape index (κ3) is 4.51. The molecule has 0 aliphatic heterocycles. The molecule has 8 nitrogen and oxygen atoms in total. The van der Waals surface area contributed by atoms with Crippen LogP contribution in [0.5, 0.6) is 0 Å². The van der Waals surface area contributed by atoms with Gasteiger partial charge in [0.1, 0.15) is 0 Å². The quantitative estimate of drug-likeness (QED) is 0.516. The van der Waals surface area contributed by atoms with E-state index in [0.717, 1.165) is 11.4 Å². The van der Waals surface area contributed by atoms with Crippen LogP contribution in [0.3, 0.4) is 0 Å². The first-order valence-electron chi connectivity index (χ1n) is 7.93. The molecule has 0 amide bonds. The molecule has 2 heterocycles. The van der Waals surface area contributed by atoms with Gasteiger partial charge in [-0.1, -0.05) is 25.6 Å². The molecule has 4 N–H and O–H groups in total. The van der Waals surface area contributed by atoms with E-state index >= 15 is 0 Å². The molecule has 0 unspecified atom stereocenters. The summed E-state index contributed by atoms with van der Waals surface area (Å²) in [5.41, 5.74) is 1.70. The molecule has 0 fully saturated rings. The number of aliphatic hydroxyl groups excluding tert-OH is 2. The topological polar surface area (TPSA) is 120 Å². The molecule has 0 saturated heterocycles. The third-order valence-electron chi connectivity index (χ3n) is 3.92. The van der Waals surface area contributed by atoms with Crippen LogP contribution < -0.4 is 5.32 Å². The van der Waals surface area contributed by atoms with E-state index in [1.807, 2.05) is 26.0 Å². The van der Waals surface area contributed by atoms with Gasteiger partial charge in [-0.05, 0) is 18.1 Å². The van der Waals surface area contributed by atoms with E-state index in [1.54, 1.807) is 6.20 Å². The van der Waals surface area contributed by atoms with Crippen LogP contribution in [0.4, 0.5) is 5.69 Å². The number of nitrogens with one attached hydrogen (secondary N) is 2. The van der Waals surface area contributed by atoms with Crippen LogP contribution in [0.2, 0.25) is 0 Å². The number of allylic oxidation sites excluding steroid dienone is 1. The highest BCUT2D eigenvalue weighted by Gasteiger charge is 2.32. The minimum atomic E-state index is -0.198. The Morgan fingerprint density at radius 1 is 1.38 bits per heavy atom. The monoisotopic (exact) mass is 332 g/mol. The van der Waals surface area contributed by atoms with Gasteiger partial charge in [0.25, 0.3) is 0 Å². The Kier molecular flexibility index (Phi) is 6.25. The van der Waals surface area contributed by atoms with Crippen molar-refractivity contribution in [2.24, 2.45) is 11.8 Å². The largest absolute Gasteiger partial charge is 0.513 e. The molecule has 0 aliphatic rings. The fraction of sp³-hybridized carbons (Fsp3) is 0.500. The predicted octanol–water partition coefficient (Wildman–Crippen LogP) is 1.67. The molecule has 2 aromatic heterocycles. The highest BCUT2D eigenvalue weighted by Crippen LogP contribution is 2.34. The molecule has 8 heteroatoms. The van der Waals surface area contributed by atoms with Crippen LogP contribution in [0.15, 0.2) is 30.7 Å². The number of aromatic nitrogens is 5. The van der Waals surface area contributed by atoms with Gasteiger partial charge in [0.15, 0.2) is 5.82 Å². The number of tetrazole rings is 1. The summed E-state index contributed by atoms with van der Waals surface area (Å²) < 4.78 is 0. The Morgan fingerprint density at radius 2 is 2.17 bits per heavy atom. The highest BCUT2D eigenvalue weighted by molar-refractivity contribution is 5.41. The number of hydrogen-bond donors (Lipinski definition) is 4. The van der Waals surface area contributed by atoms with E-state index in [-0.39, 0.29) is 30.1 Å². The second-order valence-corrected chi connectivity index (χ2v) is 6.03. The van der Waals surface area contributed by atoms with Gasteiger partial charge in [-0.15, -0.1) is 10.2 Å². The second kappa shape index (κ2) is 8.39. The number of pyridine rings is 1. The summed E-state index contributed by atoms with van der Waals surface area (Å²) in [6, 6.07) is 3.81. The molecule has 130 valence electrons. The normalized spacial score (nSPS) is 13.7. The van der Waals surface area contributed by atoms with Gasteiger partial charge >= 0.3 is 0 Å². The van der Waals surface area contributed by atoms with E-state index in [1.165, 1.54) is 0 Å². The van der Waals surface area contributed by atoms with Crippen molar-refractivity contribution in [3.8, 4) is 0 Å². The first kappa shape index (κ1) is 17.9. The van der Waals surface area contributed by atoms with Crippen molar-refractivity contribution < 1.29 is 10.2 Å². The first-order chi connectivity index (χ1) is 11.5. The lowest BCUT2D eigenvalue weighted by molar-refractivity contribution is 0.243. The standard InChI is InChI=1S/C16H24N6O2/c1-10(2)15(11(3)24)14(16-19-21-22-20-16)8-12-4-5-13(9-18-12)17-6-7-23/h4-5,9-10,14-15,17,23-24H,3,6-8H2,1-2H3,(H,19,20,21,22)/t14-,15+/m0/s1. The molecule has 0 aliphatic carbocycles. The van der Waals surface area contributed by atoms with Gasteiger partial charge in [0.2, 0.25) is 0 Å². The molecule has 0 spiro atoms. The minimum Gasteiger partial charge on any atom is -0.513 e. The lowest BCUT2D eigenvalue weighted by Gasteiger charge is -2.27. The van der Waals surface area contributed by atoms with E-state index in [9.17, 15) is 5.11 Å². The summed E-state index contributed by atoms with van der Waals surface area (Å²) in [7, 11) is 0. The maximum atomic E-state index is 10.0. The summed E-state index contributed by atoms with van der Waals surface area (Å²) in [5.74, 6) is 0.437. The average Bonchev–Trinajstić information content (AvgIpc) is 3.07. The van der Waals surface area contributed by atoms with Gasteiger partial charge in [0, 0.05) is 30.5 Å². The van der Waals surface area contributed by atoms with Gasteiger partial charge in [-0.25, -0.2) is 0 Å². The van der Waals surface area contributed by atoms with Crippen molar-refractivity contribution in [3.63, 3.8) is 0 Å². The first-order valence-corrected chi connectivity index (χ1v) is 7.93. The van der Waals surface area contributed by atoms with Crippen molar-refractivity contribution in [2.45, 2.75) is 26.2 Å². The van der Waals surface area contributed by atoms with Crippen LogP contribution in [0.1, 0.15) is 31.3 Å². The van der Waals surface area contributed by atoms with Gasteiger partial charge in [-0.2, -0.15) is 5.21 Å². The van der Waals surface area contributed by atoms with Gasteiger partial charge in [0.05, 0.1) is 24.3 Å². The van der Waals surface area contributed by atoms with Crippen molar-refractivity contribution in [1.82, 2.24) is 25.6 Å². The Morgan fingerprint density at radius 3 is 2.67 bits per heavy atom. The number of rotatable bonds is 9. The zero-order valence-corrected chi connectivity index (χ0v) is 14.0. The lowest BCUT2D eigenvalue weighted by Crippen LogP contribution is -2.24. The third-order valence-corrected chi connectivity index (χ3v) is 3.92. The zero-order valence-electron chi connectivity index (χ0n) is 14.0. The maximum Gasteiger partial charge on any atom is 0.178 e. The molecular weight excluding hydrogens is 308 g/mol. The van der Waals surface area contributed by atoms with E-state index in [0.29, 0.717) is 18.8 Å². The van der Waals surface area contributed by atoms with Crippen LogP contribution in [-0.4, -0.2) is 49.0 Å². The molecule has 2 atom stereocenters. The number of aliphatic hydroxyl groups is 2. The van der Waals surface area contributed by atoms with Crippen LogP contribution in [0.25, 0.3) is 0 Å². The van der Waals surface area contributed by atoms with E-state index < -0.39 is 0 Å². The summed E-state index contributed by atoms with van der Waals surface area (Å²) in [6.45, 7) is 8.30. The molecule has 2 rings (SSSR count). The van der Waals surface area contributed by atoms with E-state index in [2.05, 4.69) is 37.5 Å². The van der Waals surface area contributed by atoms with Crippen molar-refractivity contribution in [1.29, 1.82) is 0 Å². The Balaban J connectivity index is 2.21. The van der Waals surface area contributed by atoms with Crippen LogP contribution in [-0.2, 0) is 6.42 Å². The van der Waals surface area contributed by atoms with E-state index in [4.69, 9.17) is 5.11 Å². The smallest absolute Gasteiger partial charge is 0.178 e. The molecular formula is C16H24N6O2. The fourth-order valence-electron chi connectivity index (χ4n) is 2.86. The number of anilines is 1. The second-order valence-electron chi connectivity index (χ2n) is 6.03. The number of H-pyrrole nitrogens is 1. The van der Waals surface area contributed by atoms with Crippen LogP contribution in [0, 0.1) is 11.8 Å². The summed E-state index contributed by atoms with van der Waals surface area (Å²) in [4.78, 5) is 4.44. The minimum absolute atomic E-state index is 0.0658. The number of hydrogen-bond acceptors (Lipinski definition) is 7. The maximum absolute atomic E-state index is 10.0.